The van der Waals surface area contributed by atoms with Crippen molar-refractivity contribution < 1.29 is 8.42 Å². The summed E-state index contributed by atoms with van der Waals surface area (Å²) in [5.41, 5.74) is 2.63. The van der Waals surface area contributed by atoms with Gasteiger partial charge in [-0.3, -0.25) is 0 Å². The van der Waals surface area contributed by atoms with Crippen molar-refractivity contribution in [2.45, 2.75) is 33.6 Å². The second-order valence-corrected chi connectivity index (χ2v) is 10.6. The monoisotopic (exact) mass is 442 g/mol. The van der Waals surface area contributed by atoms with E-state index in [0.29, 0.717) is 25.6 Å². The number of para-hydroxylation sites is 1. The first-order valence-corrected chi connectivity index (χ1v) is 12.6. The maximum Gasteiger partial charge on any atom is 0.211 e. The van der Waals surface area contributed by atoms with Crippen molar-refractivity contribution in [2.24, 2.45) is 5.92 Å². The van der Waals surface area contributed by atoms with E-state index in [4.69, 9.17) is 15.1 Å². The van der Waals surface area contributed by atoms with Crippen LogP contribution in [0.2, 0.25) is 0 Å². The Balaban J connectivity index is 1.83. The first kappa shape index (κ1) is 21.7. The highest BCUT2D eigenvalue weighted by Crippen LogP contribution is 2.30. The summed E-state index contributed by atoms with van der Waals surface area (Å²) in [5, 5.41) is 5.73. The fourth-order valence-corrected chi connectivity index (χ4v) is 4.95. The maximum atomic E-state index is 12.1. The number of hydrogen-bond acceptors (Lipinski definition) is 6. The summed E-state index contributed by atoms with van der Waals surface area (Å²) in [6.45, 7) is 8.62. The van der Waals surface area contributed by atoms with Gasteiger partial charge in [0.15, 0.2) is 5.65 Å². The Bertz CT molecular complexity index is 1170. The lowest BCUT2D eigenvalue weighted by atomic mass is 10.1. The third-order valence-corrected chi connectivity index (χ3v) is 6.85. The Morgan fingerprint density at radius 3 is 2.45 bits per heavy atom. The van der Waals surface area contributed by atoms with Gasteiger partial charge in [0.05, 0.1) is 23.0 Å². The van der Waals surface area contributed by atoms with Crippen molar-refractivity contribution in [2.75, 3.05) is 37.3 Å². The summed E-state index contributed by atoms with van der Waals surface area (Å²) in [6, 6.07) is 10.0. The second kappa shape index (κ2) is 8.55. The summed E-state index contributed by atoms with van der Waals surface area (Å²) in [7, 11) is -3.20. The van der Waals surface area contributed by atoms with E-state index in [1.807, 2.05) is 41.9 Å². The Morgan fingerprint density at radius 1 is 1.03 bits per heavy atom. The van der Waals surface area contributed by atoms with Crippen LogP contribution in [0.5, 0.6) is 0 Å². The van der Waals surface area contributed by atoms with E-state index >= 15 is 0 Å². The van der Waals surface area contributed by atoms with Crippen molar-refractivity contribution in [3.8, 4) is 5.69 Å². The molecular weight excluding hydrogens is 412 g/mol. The quantitative estimate of drug-likeness (QED) is 0.604. The highest BCUT2D eigenvalue weighted by molar-refractivity contribution is 7.88. The van der Waals surface area contributed by atoms with E-state index in [2.05, 4.69) is 18.7 Å². The van der Waals surface area contributed by atoms with Crippen molar-refractivity contribution >= 4 is 26.9 Å². The number of aryl methyl sites for hydroxylation is 1. The second-order valence-electron chi connectivity index (χ2n) is 8.60. The van der Waals surface area contributed by atoms with Gasteiger partial charge in [-0.05, 0) is 31.4 Å². The third kappa shape index (κ3) is 4.57. The average molecular weight is 443 g/mol. The van der Waals surface area contributed by atoms with Crippen LogP contribution in [0.1, 0.15) is 31.8 Å². The van der Waals surface area contributed by atoms with Gasteiger partial charge in [0.2, 0.25) is 10.0 Å². The summed E-state index contributed by atoms with van der Waals surface area (Å²) >= 11 is 0. The molecule has 0 unspecified atom stereocenters. The van der Waals surface area contributed by atoms with Crippen LogP contribution in [0.3, 0.4) is 0 Å². The SMILES string of the molecule is Cc1nn(-c2ccccc2)c2nc(CC(C)C)nc(N3CCCN(S(C)(=O)=O)CC3)c12. The van der Waals surface area contributed by atoms with E-state index in [-0.39, 0.29) is 0 Å². The number of nitrogens with zero attached hydrogens (tertiary/aromatic N) is 6. The van der Waals surface area contributed by atoms with E-state index < -0.39 is 10.0 Å². The van der Waals surface area contributed by atoms with Crippen LogP contribution in [-0.4, -0.2) is 64.9 Å². The molecule has 4 rings (SSSR count). The van der Waals surface area contributed by atoms with Gasteiger partial charge >= 0.3 is 0 Å². The number of anilines is 1. The number of rotatable bonds is 5. The van der Waals surface area contributed by atoms with Crippen molar-refractivity contribution in [3.05, 3.63) is 41.9 Å². The zero-order chi connectivity index (χ0) is 22.2. The Morgan fingerprint density at radius 2 is 1.77 bits per heavy atom. The molecule has 0 amide bonds. The van der Waals surface area contributed by atoms with Gasteiger partial charge in [0.1, 0.15) is 11.6 Å². The molecule has 1 saturated heterocycles. The molecule has 3 heterocycles. The predicted molar refractivity (Wildman–Crippen MR) is 123 cm³/mol. The van der Waals surface area contributed by atoms with Crippen molar-refractivity contribution in [1.82, 2.24) is 24.1 Å². The molecule has 9 heteroatoms. The molecule has 0 spiro atoms. The molecule has 1 aromatic carbocycles. The lowest BCUT2D eigenvalue weighted by Crippen LogP contribution is -2.34. The lowest BCUT2D eigenvalue weighted by molar-refractivity contribution is 0.437. The van der Waals surface area contributed by atoms with Gasteiger partial charge in [0, 0.05) is 32.6 Å². The number of hydrogen-bond donors (Lipinski definition) is 0. The predicted octanol–water partition coefficient (Wildman–Crippen LogP) is 2.79. The standard InChI is InChI=1S/C22H30N6O2S/c1-16(2)15-19-23-21(26-11-8-12-27(14-13-26)31(4,29)30)20-17(3)25-28(22(20)24-19)18-9-6-5-7-10-18/h5-7,9-10,16H,8,11-15H2,1-4H3. The molecule has 0 radical (unpaired) electrons. The Labute approximate surface area is 184 Å². The first-order valence-electron chi connectivity index (χ1n) is 10.8. The van der Waals surface area contributed by atoms with Gasteiger partial charge in [0.25, 0.3) is 0 Å². The lowest BCUT2D eigenvalue weighted by Gasteiger charge is -2.23. The molecule has 1 aliphatic heterocycles. The number of sulfonamides is 1. The maximum absolute atomic E-state index is 12.1. The molecule has 0 N–H and O–H groups in total. The molecular formula is C22H30N6O2S. The molecule has 2 aromatic heterocycles. The van der Waals surface area contributed by atoms with E-state index in [1.165, 1.54) is 6.26 Å². The molecule has 166 valence electrons. The molecule has 8 nitrogen and oxygen atoms in total. The third-order valence-electron chi connectivity index (χ3n) is 5.54. The molecule has 0 bridgehead atoms. The molecule has 3 aromatic rings. The van der Waals surface area contributed by atoms with Crippen LogP contribution in [0, 0.1) is 12.8 Å². The Kier molecular flexibility index (Phi) is 5.98. The number of aromatic nitrogens is 4. The minimum absolute atomic E-state index is 0.421. The van der Waals surface area contributed by atoms with Gasteiger partial charge in [-0.2, -0.15) is 5.10 Å². The average Bonchev–Trinajstić information content (AvgIpc) is 2.89. The van der Waals surface area contributed by atoms with Crippen LogP contribution < -0.4 is 4.90 Å². The molecule has 31 heavy (non-hydrogen) atoms. The molecule has 1 fully saturated rings. The highest BCUT2D eigenvalue weighted by atomic mass is 32.2. The van der Waals surface area contributed by atoms with Gasteiger partial charge < -0.3 is 4.90 Å². The Hall–Kier alpha value is -2.52. The van der Waals surface area contributed by atoms with Crippen LogP contribution in [0.15, 0.2) is 30.3 Å². The largest absolute Gasteiger partial charge is 0.355 e. The van der Waals surface area contributed by atoms with Crippen LogP contribution >= 0.6 is 0 Å². The van der Waals surface area contributed by atoms with Crippen LogP contribution in [0.4, 0.5) is 5.82 Å². The number of fused-ring (bicyclic) bond motifs is 1. The normalized spacial score (nSPS) is 16.2. The smallest absolute Gasteiger partial charge is 0.211 e. The van der Waals surface area contributed by atoms with Gasteiger partial charge in [-0.1, -0.05) is 32.0 Å². The molecule has 0 saturated carbocycles. The molecule has 1 aliphatic rings. The van der Waals surface area contributed by atoms with Crippen molar-refractivity contribution in [1.29, 1.82) is 0 Å². The van der Waals surface area contributed by atoms with E-state index in [1.54, 1.807) is 4.31 Å². The zero-order valence-corrected chi connectivity index (χ0v) is 19.4. The zero-order valence-electron chi connectivity index (χ0n) is 18.6. The van der Waals surface area contributed by atoms with Crippen molar-refractivity contribution in [3.63, 3.8) is 0 Å². The topological polar surface area (TPSA) is 84.2 Å². The van der Waals surface area contributed by atoms with E-state index in [9.17, 15) is 8.42 Å². The fourth-order valence-electron chi connectivity index (χ4n) is 4.08. The number of benzene rings is 1. The highest BCUT2D eigenvalue weighted by Gasteiger charge is 2.26. The minimum atomic E-state index is -3.20. The van der Waals surface area contributed by atoms with E-state index in [0.717, 1.165) is 53.4 Å². The van der Waals surface area contributed by atoms with Gasteiger partial charge in [-0.15, -0.1) is 0 Å². The van der Waals surface area contributed by atoms with Crippen LogP contribution in [0.25, 0.3) is 16.7 Å². The van der Waals surface area contributed by atoms with Crippen LogP contribution in [-0.2, 0) is 16.4 Å². The molecule has 0 atom stereocenters. The summed E-state index contributed by atoms with van der Waals surface area (Å²) in [4.78, 5) is 12.1. The summed E-state index contributed by atoms with van der Waals surface area (Å²) in [6.07, 6.45) is 2.80. The first-order chi connectivity index (χ1) is 14.7. The fraction of sp³-hybridized carbons (Fsp3) is 0.500. The molecule has 0 aliphatic carbocycles. The summed E-state index contributed by atoms with van der Waals surface area (Å²) < 4.78 is 27.6. The van der Waals surface area contributed by atoms with Gasteiger partial charge in [-0.25, -0.2) is 27.4 Å². The summed E-state index contributed by atoms with van der Waals surface area (Å²) in [5.74, 6) is 2.07. The minimum Gasteiger partial charge on any atom is -0.355 e.